The molecule has 0 saturated carbocycles. The van der Waals surface area contributed by atoms with Crippen LogP contribution in [0.15, 0.2) is 42.5 Å². The standard InChI is InChI=1S/C18H20ClNO2/c1-3-22-18(21)11-17(20)14-8-7-12(2)16(10-14)13-5-4-6-15(19)9-13/h4-10,17H,3,11,20H2,1-2H3. The van der Waals surface area contributed by atoms with E-state index in [9.17, 15) is 4.79 Å². The van der Waals surface area contributed by atoms with Crippen molar-refractivity contribution in [1.29, 1.82) is 0 Å². The maximum atomic E-state index is 11.6. The van der Waals surface area contributed by atoms with Gasteiger partial charge in [0.2, 0.25) is 0 Å². The van der Waals surface area contributed by atoms with Crippen LogP contribution in [0.4, 0.5) is 0 Å². The second-order valence-corrected chi connectivity index (χ2v) is 5.64. The van der Waals surface area contributed by atoms with Gasteiger partial charge in [0.1, 0.15) is 0 Å². The van der Waals surface area contributed by atoms with Crippen LogP contribution in [-0.2, 0) is 9.53 Å². The van der Waals surface area contributed by atoms with E-state index < -0.39 is 0 Å². The Bertz CT molecular complexity index is 670. The molecular weight excluding hydrogens is 298 g/mol. The monoisotopic (exact) mass is 317 g/mol. The van der Waals surface area contributed by atoms with Crippen LogP contribution in [0, 0.1) is 6.92 Å². The van der Waals surface area contributed by atoms with Crippen LogP contribution in [0.1, 0.15) is 30.5 Å². The molecule has 1 unspecified atom stereocenters. The molecule has 22 heavy (non-hydrogen) atoms. The zero-order valence-corrected chi connectivity index (χ0v) is 13.6. The summed E-state index contributed by atoms with van der Waals surface area (Å²) in [5, 5.41) is 0.693. The molecule has 2 N–H and O–H groups in total. The number of rotatable bonds is 5. The summed E-state index contributed by atoms with van der Waals surface area (Å²) in [7, 11) is 0. The molecule has 0 saturated heterocycles. The fourth-order valence-electron chi connectivity index (χ4n) is 2.35. The number of aryl methyl sites for hydroxylation is 1. The van der Waals surface area contributed by atoms with Gasteiger partial charge in [0, 0.05) is 11.1 Å². The number of benzene rings is 2. The maximum Gasteiger partial charge on any atom is 0.307 e. The van der Waals surface area contributed by atoms with Crippen LogP contribution in [0.5, 0.6) is 0 Å². The molecule has 1 atom stereocenters. The summed E-state index contributed by atoms with van der Waals surface area (Å²) in [5.74, 6) is -0.278. The predicted octanol–water partition coefficient (Wildman–Crippen LogP) is 4.27. The molecule has 2 aromatic carbocycles. The van der Waals surface area contributed by atoms with Crippen LogP contribution < -0.4 is 5.73 Å². The Kier molecular flexibility index (Phi) is 5.58. The smallest absolute Gasteiger partial charge is 0.307 e. The molecule has 0 amide bonds. The first-order chi connectivity index (χ1) is 10.5. The van der Waals surface area contributed by atoms with Gasteiger partial charge in [-0.05, 0) is 54.3 Å². The van der Waals surface area contributed by atoms with Gasteiger partial charge in [0.05, 0.1) is 13.0 Å². The molecule has 0 spiro atoms. The number of nitrogens with two attached hydrogens (primary N) is 1. The van der Waals surface area contributed by atoms with E-state index in [1.54, 1.807) is 6.92 Å². The van der Waals surface area contributed by atoms with Crippen LogP contribution in [0.2, 0.25) is 5.02 Å². The van der Waals surface area contributed by atoms with E-state index in [1.165, 1.54) is 0 Å². The van der Waals surface area contributed by atoms with Crippen LogP contribution in [-0.4, -0.2) is 12.6 Å². The zero-order chi connectivity index (χ0) is 16.1. The summed E-state index contributed by atoms with van der Waals surface area (Å²) in [4.78, 5) is 11.6. The number of carbonyl (C=O) groups excluding carboxylic acids is 1. The fraction of sp³-hybridized carbons (Fsp3) is 0.278. The molecule has 0 aliphatic rings. The van der Waals surface area contributed by atoms with Crippen molar-refractivity contribution < 1.29 is 9.53 Å². The van der Waals surface area contributed by atoms with Crippen molar-refractivity contribution >= 4 is 17.6 Å². The highest BCUT2D eigenvalue weighted by Crippen LogP contribution is 2.29. The number of hydrogen-bond donors (Lipinski definition) is 1. The van der Waals surface area contributed by atoms with E-state index in [0.717, 1.165) is 22.3 Å². The summed E-state index contributed by atoms with van der Waals surface area (Å²) in [6.07, 6.45) is 0.173. The van der Waals surface area contributed by atoms with E-state index in [-0.39, 0.29) is 18.4 Å². The summed E-state index contributed by atoms with van der Waals surface area (Å²) < 4.78 is 4.95. The lowest BCUT2D eigenvalue weighted by atomic mass is 9.95. The summed E-state index contributed by atoms with van der Waals surface area (Å²) in [6, 6.07) is 13.3. The Balaban J connectivity index is 2.28. The molecule has 0 fully saturated rings. The van der Waals surface area contributed by atoms with Gasteiger partial charge >= 0.3 is 5.97 Å². The Hall–Kier alpha value is -1.84. The SMILES string of the molecule is CCOC(=O)CC(N)c1ccc(C)c(-c2cccc(Cl)c2)c1. The molecule has 0 bridgehead atoms. The first-order valence-corrected chi connectivity index (χ1v) is 7.66. The van der Waals surface area contributed by atoms with Crippen LogP contribution >= 0.6 is 11.6 Å². The number of carbonyl (C=O) groups is 1. The van der Waals surface area contributed by atoms with E-state index in [2.05, 4.69) is 0 Å². The zero-order valence-electron chi connectivity index (χ0n) is 12.8. The molecule has 3 nitrogen and oxygen atoms in total. The molecular formula is C18H20ClNO2. The quantitative estimate of drug-likeness (QED) is 0.838. The van der Waals surface area contributed by atoms with Crippen molar-refractivity contribution in [2.75, 3.05) is 6.61 Å². The normalized spacial score (nSPS) is 12.0. The maximum absolute atomic E-state index is 11.6. The highest BCUT2D eigenvalue weighted by atomic mass is 35.5. The van der Waals surface area contributed by atoms with Gasteiger partial charge in [-0.3, -0.25) is 4.79 Å². The third kappa shape index (κ3) is 4.09. The molecule has 2 rings (SSSR count). The Morgan fingerprint density at radius 1 is 1.27 bits per heavy atom. The summed E-state index contributed by atoms with van der Waals surface area (Å²) >= 11 is 6.07. The average molecular weight is 318 g/mol. The molecule has 0 heterocycles. The summed E-state index contributed by atoms with van der Waals surface area (Å²) in [6.45, 7) is 4.19. The Morgan fingerprint density at radius 2 is 2.05 bits per heavy atom. The van der Waals surface area contributed by atoms with E-state index in [1.807, 2.05) is 49.4 Å². The lowest BCUT2D eigenvalue weighted by molar-refractivity contribution is -0.143. The van der Waals surface area contributed by atoms with Crippen molar-refractivity contribution in [3.8, 4) is 11.1 Å². The van der Waals surface area contributed by atoms with Crippen LogP contribution in [0.25, 0.3) is 11.1 Å². The lowest BCUT2D eigenvalue weighted by Gasteiger charge is -2.15. The van der Waals surface area contributed by atoms with Gasteiger partial charge in [-0.15, -0.1) is 0 Å². The molecule has 4 heteroatoms. The minimum Gasteiger partial charge on any atom is -0.466 e. The van der Waals surface area contributed by atoms with Crippen molar-refractivity contribution in [3.05, 3.63) is 58.6 Å². The number of halogens is 1. The average Bonchev–Trinajstić information content (AvgIpc) is 2.47. The van der Waals surface area contributed by atoms with Crippen LogP contribution in [0.3, 0.4) is 0 Å². The van der Waals surface area contributed by atoms with Gasteiger partial charge in [0.25, 0.3) is 0 Å². The van der Waals surface area contributed by atoms with E-state index >= 15 is 0 Å². The molecule has 0 radical (unpaired) electrons. The van der Waals surface area contributed by atoms with Gasteiger partial charge in [0.15, 0.2) is 0 Å². The van der Waals surface area contributed by atoms with Crippen molar-refractivity contribution in [3.63, 3.8) is 0 Å². The van der Waals surface area contributed by atoms with Gasteiger partial charge in [-0.25, -0.2) is 0 Å². The first-order valence-electron chi connectivity index (χ1n) is 7.29. The minimum absolute atomic E-state index is 0.173. The molecule has 0 aliphatic heterocycles. The van der Waals surface area contributed by atoms with Gasteiger partial charge in [-0.2, -0.15) is 0 Å². The minimum atomic E-state index is -0.377. The second-order valence-electron chi connectivity index (χ2n) is 5.20. The lowest BCUT2D eigenvalue weighted by Crippen LogP contribution is -2.17. The fourth-order valence-corrected chi connectivity index (χ4v) is 2.54. The third-order valence-corrected chi connectivity index (χ3v) is 3.75. The Labute approximate surface area is 136 Å². The number of hydrogen-bond acceptors (Lipinski definition) is 3. The highest BCUT2D eigenvalue weighted by molar-refractivity contribution is 6.30. The highest BCUT2D eigenvalue weighted by Gasteiger charge is 2.14. The second kappa shape index (κ2) is 7.43. The van der Waals surface area contributed by atoms with Crippen molar-refractivity contribution in [2.24, 2.45) is 5.73 Å². The molecule has 0 aliphatic carbocycles. The Morgan fingerprint density at radius 3 is 2.73 bits per heavy atom. The van der Waals surface area contributed by atoms with E-state index in [0.29, 0.717) is 11.6 Å². The molecule has 0 aromatic heterocycles. The summed E-state index contributed by atoms with van der Waals surface area (Å²) in [5.41, 5.74) is 10.3. The first kappa shape index (κ1) is 16.5. The predicted molar refractivity (Wildman–Crippen MR) is 89.8 cm³/mol. The molecule has 116 valence electrons. The number of ether oxygens (including phenoxy) is 1. The van der Waals surface area contributed by atoms with Crippen molar-refractivity contribution in [1.82, 2.24) is 0 Å². The number of esters is 1. The van der Waals surface area contributed by atoms with Gasteiger partial charge < -0.3 is 10.5 Å². The largest absolute Gasteiger partial charge is 0.466 e. The third-order valence-electron chi connectivity index (χ3n) is 3.52. The topological polar surface area (TPSA) is 52.3 Å². The van der Waals surface area contributed by atoms with Gasteiger partial charge in [-0.1, -0.05) is 35.9 Å². The van der Waals surface area contributed by atoms with Crippen molar-refractivity contribution in [2.45, 2.75) is 26.3 Å². The van der Waals surface area contributed by atoms with E-state index in [4.69, 9.17) is 22.1 Å². The molecule has 2 aromatic rings.